The van der Waals surface area contributed by atoms with Crippen molar-refractivity contribution in [2.45, 2.75) is 25.8 Å². The summed E-state index contributed by atoms with van der Waals surface area (Å²) in [4.78, 5) is 0. The van der Waals surface area contributed by atoms with Crippen molar-refractivity contribution >= 4 is 0 Å². The van der Waals surface area contributed by atoms with E-state index in [1.54, 1.807) is 0 Å². The van der Waals surface area contributed by atoms with Gasteiger partial charge in [0.05, 0.1) is 6.61 Å². The molecule has 20 heavy (non-hydrogen) atoms. The molecular weight excluding hydrogens is 246 g/mol. The van der Waals surface area contributed by atoms with E-state index < -0.39 is 0 Å². The molecule has 104 valence electrons. The van der Waals surface area contributed by atoms with Gasteiger partial charge in [-0.2, -0.15) is 0 Å². The zero-order valence-corrected chi connectivity index (χ0v) is 11.9. The Morgan fingerprint density at radius 1 is 1.15 bits per heavy atom. The van der Waals surface area contributed by atoms with Gasteiger partial charge in [-0.25, -0.2) is 0 Å². The lowest BCUT2D eigenvalue weighted by Gasteiger charge is -2.26. The Balaban J connectivity index is 1.60. The first kappa shape index (κ1) is 13.2. The first-order valence-corrected chi connectivity index (χ1v) is 7.31. The largest absolute Gasteiger partial charge is 0.493 e. The normalized spacial score (nSPS) is 17.4. The third-order valence-electron chi connectivity index (χ3n) is 3.89. The minimum Gasteiger partial charge on any atom is -0.493 e. The molecular formula is C18H21NO. The van der Waals surface area contributed by atoms with Crippen LogP contribution < -0.4 is 10.1 Å². The number of para-hydroxylation sites is 1. The fraction of sp³-hybridized carbons (Fsp3) is 0.333. The van der Waals surface area contributed by atoms with Crippen LogP contribution in [-0.2, 0) is 6.54 Å². The second-order valence-electron chi connectivity index (χ2n) is 5.49. The average Bonchev–Trinajstić information content (AvgIpc) is 2.48. The summed E-state index contributed by atoms with van der Waals surface area (Å²) in [5.74, 6) is 1.62. The molecule has 0 saturated carbocycles. The van der Waals surface area contributed by atoms with Gasteiger partial charge in [0.2, 0.25) is 0 Å². The lowest BCUT2D eigenvalue weighted by Crippen LogP contribution is -2.25. The molecule has 0 aliphatic carbocycles. The van der Waals surface area contributed by atoms with Crippen LogP contribution in [0.1, 0.15) is 29.0 Å². The third-order valence-corrected chi connectivity index (χ3v) is 3.89. The first-order chi connectivity index (χ1) is 9.83. The minimum absolute atomic E-state index is 0.560. The highest BCUT2D eigenvalue weighted by Gasteiger charge is 2.20. The van der Waals surface area contributed by atoms with Gasteiger partial charge in [0.1, 0.15) is 5.75 Å². The van der Waals surface area contributed by atoms with Crippen LogP contribution in [-0.4, -0.2) is 13.2 Å². The monoisotopic (exact) mass is 267 g/mol. The Labute approximate surface area is 120 Å². The molecule has 1 atom stereocenters. The van der Waals surface area contributed by atoms with Crippen LogP contribution in [0.3, 0.4) is 0 Å². The van der Waals surface area contributed by atoms with Gasteiger partial charge in [0.25, 0.3) is 0 Å². The van der Waals surface area contributed by atoms with E-state index in [9.17, 15) is 0 Å². The fourth-order valence-corrected chi connectivity index (χ4v) is 2.84. The molecule has 1 N–H and O–H groups in total. The molecule has 0 amide bonds. The number of hydrogen-bond acceptors (Lipinski definition) is 2. The Bertz CT molecular complexity index is 579. The maximum atomic E-state index is 5.71. The van der Waals surface area contributed by atoms with Crippen LogP contribution in [0.25, 0.3) is 0 Å². The number of fused-ring (bicyclic) bond motifs is 1. The molecule has 1 aliphatic rings. The second kappa shape index (κ2) is 6.10. The Hall–Kier alpha value is -1.80. The third kappa shape index (κ3) is 3.02. The number of rotatable bonds is 4. The van der Waals surface area contributed by atoms with Crippen LogP contribution in [0.15, 0.2) is 48.5 Å². The van der Waals surface area contributed by atoms with Crippen LogP contribution in [0, 0.1) is 6.92 Å². The van der Waals surface area contributed by atoms with Gasteiger partial charge in [0.15, 0.2) is 0 Å². The van der Waals surface area contributed by atoms with Crippen LogP contribution in [0.5, 0.6) is 5.75 Å². The molecule has 3 rings (SSSR count). The van der Waals surface area contributed by atoms with Crippen molar-refractivity contribution < 1.29 is 4.74 Å². The highest BCUT2D eigenvalue weighted by atomic mass is 16.5. The molecule has 0 radical (unpaired) electrons. The summed E-state index contributed by atoms with van der Waals surface area (Å²) >= 11 is 0. The summed E-state index contributed by atoms with van der Waals surface area (Å²) in [7, 11) is 0. The van der Waals surface area contributed by atoms with Gasteiger partial charge in [0, 0.05) is 19.0 Å². The predicted octanol–water partition coefficient (Wildman–Crippen LogP) is 3.65. The fourth-order valence-electron chi connectivity index (χ4n) is 2.84. The molecule has 0 aromatic heterocycles. The molecule has 0 fully saturated rings. The number of hydrogen-bond donors (Lipinski definition) is 1. The van der Waals surface area contributed by atoms with Crippen LogP contribution >= 0.6 is 0 Å². The van der Waals surface area contributed by atoms with Crippen molar-refractivity contribution in [1.29, 1.82) is 0 Å². The van der Waals surface area contributed by atoms with Gasteiger partial charge in [-0.15, -0.1) is 0 Å². The maximum Gasteiger partial charge on any atom is 0.122 e. The number of aryl methyl sites for hydroxylation is 1. The SMILES string of the molecule is Cc1cccc(CNCC2CCOc3ccccc32)c1. The van der Waals surface area contributed by atoms with E-state index in [1.165, 1.54) is 16.7 Å². The summed E-state index contributed by atoms with van der Waals surface area (Å²) in [6.45, 7) is 4.90. The van der Waals surface area contributed by atoms with E-state index in [-0.39, 0.29) is 0 Å². The molecule has 0 bridgehead atoms. The minimum atomic E-state index is 0.560. The van der Waals surface area contributed by atoms with Crippen molar-refractivity contribution in [3.63, 3.8) is 0 Å². The molecule has 1 aliphatic heterocycles. The lowest BCUT2D eigenvalue weighted by molar-refractivity contribution is 0.264. The molecule has 2 heteroatoms. The standard InChI is InChI=1S/C18H21NO/c1-14-5-4-6-15(11-14)12-19-13-16-9-10-20-18-8-3-2-7-17(16)18/h2-8,11,16,19H,9-10,12-13H2,1H3. The van der Waals surface area contributed by atoms with Crippen molar-refractivity contribution in [3.8, 4) is 5.75 Å². The molecule has 1 heterocycles. The number of nitrogens with one attached hydrogen (secondary N) is 1. The van der Waals surface area contributed by atoms with E-state index in [0.29, 0.717) is 5.92 Å². The molecule has 2 aromatic carbocycles. The van der Waals surface area contributed by atoms with Gasteiger partial charge in [-0.1, -0.05) is 48.0 Å². The average molecular weight is 267 g/mol. The summed E-state index contributed by atoms with van der Waals surface area (Å²) in [6, 6.07) is 17.1. The quantitative estimate of drug-likeness (QED) is 0.913. The number of ether oxygens (including phenoxy) is 1. The first-order valence-electron chi connectivity index (χ1n) is 7.31. The Morgan fingerprint density at radius 2 is 2.05 bits per heavy atom. The van der Waals surface area contributed by atoms with Gasteiger partial charge >= 0.3 is 0 Å². The summed E-state index contributed by atoms with van der Waals surface area (Å²) in [5, 5.41) is 3.58. The van der Waals surface area contributed by atoms with Crippen molar-refractivity contribution in [3.05, 3.63) is 65.2 Å². The predicted molar refractivity (Wildman–Crippen MR) is 82.2 cm³/mol. The Kier molecular flexibility index (Phi) is 4.03. The topological polar surface area (TPSA) is 21.3 Å². The zero-order chi connectivity index (χ0) is 13.8. The van der Waals surface area contributed by atoms with Crippen LogP contribution in [0.4, 0.5) is 0 Å². The second-order valence-corrected chi connectivity index (χ2v) is 5.49. The molecule has 2 nitrogen and oxygen atoms in total. The van der Waals surface area contributed by atoms with Crippen molar-refractivity contribution in [2.75, 3.05) is 13.2 Å². The Morgan fingerprint density at radius 3 is 2.95 bits per heavy atom. The lowest BCUT2D eigenvalue weighted by atomic mass is 9.93. The van der Waals surface area contributed by atoms with Crippen molar-refractivity contribution in [1.82, 2.24) is 5.32 Å². The summed E-state index contributed by atoms with van der Waals surface area (Å²) in [5.41, 5.74) is 4.02. The van der Waals surface area contributed by atoms with Gasteiger partial charge in [-0.3, -0.25) is 0 Å². The van der Waals surface area contributed by atoms with Crippen LogP contribution in [0.2, 0.25) is 0 Å². The van der Waals surface area contributed by atoms with E-state index in [0.717, 1.165) is 31.9 Å². The molecule has 0 saturated heterocycles. The molecule has 0 spiro atoms. The van der Waals surface area contributed by atoms with E-state index >= 15 is 0 Å². The van der Waals surface area contributed by atoms with Gasteiger partial charge < -0.3 is 10.1 Å². The highest BCUT2D eigenvalue weighted by molar-refractivity contribution is 5.38. The number of benzene rings is 2. The smallest absolute Gasteiger partial charge is 0.122 e. The van der Waals surface area contributed by atoms with E-state index in [4.69, 9.17) is 4.74 Å². The molecule has 2 aromatic rings. The van der Waals surface area contributed by atoms with Gasteiger partial charge in [-0.05, 0) is 30.5 Å². The summed E-state index contributed by atoms with van der Waals surface area (Å²) in [6.07, 6.45) is 1.10. The highest BCUT2D eigenvalue weighted by Crippen LogP contribution is 2.32. The summed E-state index contributed by atoms with van der Waals surface area (Å²) < 4.78 is 5.71. The molecule has 1 unspecified atom stereocenters. The van der Waals surface area contributed by atoms with Crippen molar-refractivity contribution in [2.24, 2.45) is 0 Å². The maximum absolute atomic E-state index is 5.71. The van der Waals surface area contributed by atoms with E-state index in [2.05, 4.69) is 54.7 Å². The van der Waals surface area contributed by atoms with E-state index in [1.807, 2.05) is 6.07 Å². The zero-order valence-electron chi connectivity index (χ0n) is 11.9.